The number of carbonyl (C=O) groups excluding carboxylic acids is 2. The molecule has 0 aliphatic carbocycles. The van der Waals surface area contributed by atoms with Crippen molar-refractivity contribution in [2.75, 3.05) is 19.0 Å². The molecule has 2 aromatic rings. The number of furan rings is 1. The van der Waals surface area contributed by atoms with Crippen molar-refractivity contribution >= 4 is 29.1 Å². The number of amides is 2. The maximum absolute atomic E-state index is 12.0. The number of aliphatic hydroxyl groups excluding tert-OH is 1. The van der Waals surface area contributed by atoms with E-state index in [0.29, 0.717) is 33.5 Å². The molecule has 1 aromatic carbocycles. The van der Waals surface area contributed by atoms with Crippen molar-refractivity contribution in [3.63, 3.8) is 0 Å². The van der Waals surface area contributed by atoms with E-state index in [-0.39, 0.29) is 13.0 Å². The highest BCUT2D eigenvalue weighted by Gasteiger charge is 2.18. The van der Waals surface area contributed by atoms with Crippen LogP contribution in [0.25, 0.3) is 0 Å². The van der Waals surface area contributed by atoms with Gasteiger partial charge in [0.2, 0.25) is 0 Å². The molecular formula is C18H21ClN2O5. The molecule has 8 heteroatoms. The summed E-state index contributed by atoms with van der Waals surface area (Å²) in [5.74, 6) is 0.0500. The Morgan fingerprint density at radius 3 is 2.62 bits per heavy atom. The number of hydrogen-bond donors (Lipinski definition) is 3. The van der Waals surface area contributed by atoms with Crippen molar-refractivity contribution in [2.24, 2.45) is 0 Å². The Bertz CT molecular complexity index is 803. The van der Waals surface area contributed by atoms with Crippen LogP contribution in [0.4, 0.5) is 5.69 Å². The number of halogens is 1. The maximum atomic E-state index is 12.0. The molecule has 1 atom stereocenters. The molecule has 7 nitrogen and oxygen atoms in total. The van der Waals surface area contributed by atoms with Gasteiger partial charge in [0.15, 0.2) is 0 Å². The third-order valence-corrected chi connectivity index (χ3v) is 3.99. The van der Waals surface area contributed by atoms with Crippen LogP contribution in [-0.2, 0) is 9.59 Å². The number of nitrogens with one attached hydrogen (secondary N) is 2. The van der Waals surface area contributed by atoms with Crippen LogP contribution in [0, 0.1) is 13.8 Å². The monoisotopic (exact) mass is 380 g/mol. The number of aryl methyl sites for hydroxylation is 2. The fourth-order valence-electron chi connectivity index (χ4n) is 2.50. The zero-order valence-electron chi connectivity index (χ0n) is 14.8. The smallest absolute Gasteiger partial charge is 0.313 e. The second-order valence-corrected chi connectivity index (χ2v) is 6.16. The Kier molecular flexibility index (Phi) is 6.65. The Labute approximate surface area is 156 Å². The summed E-state index contributed by atoms with van der Waals surface area (Å²) >= 11 is 5.89. The summed E-state index contributed by atoms with van der Waals surface area (Å²) in [5, 5.41) is 15.5. The van der Waals surface area contributed by atoms with Crippen LogP contribution in [-0.4, -0.2) is 30.6 Å². The molecule has 0 bridgehead atoms. The first-order valence-corrected chi connectivity index (χ1v) is 8.37. The first-order valence-electron chi connectivity index (χ1n) is 7.99. The van der Waals surface area contributed by atoms with Gasteiger partial charge in [0.05, 0.1) is 18.9 Å². The highest BCUT2D eigenvalue weighted by molar-refractivity contribution is 6.40. The lowest BCUT2D eigenvalue weighted by molar-refractivity contribution is -0.136. The molecule has 26 heavy (non-hydrogen) atoms. The Morgan fingerprint density at radius 2 is 2.00 bits per heavy atom. The molecule has 2 amide bonds. The summed E-state index contributed by atoms with van der Waals surface area (Å²) in [7, 11) is 1.44. The molecule has 2 rings (SSSR count). The molecule has 0 spiro atoms. The normalized spacial score (nSPS) is 11.7. The van der Waals surface area contributed by atoms with Crippen LogP contribution in [0.2, 0.25) is 5.02 Å². The number of rotatable bonds is 6. The minimum Gasteiger partial charge on any atom is -0.495 e. The van der Waals surface area contributed by atoms with Gasteiger partial charge in [-0.15, -0.1) is 0 Å². The van der Waals surface area contributed by atoms with Crippen molar-refractivity contribution in [3.8, 4) is 5.75 Å². The third kappa shape index (κ3) is 5.00. The van der Waals surface area contributed by atoms with Gasteiger partial charge in [0.25, 0.3) is 0 Å². The lowest BCUT2D eigenvalue weighted by Crippen LogP contribution is -2.36. The van der Waals surface area contributed by atoms with E-state index in [1.165, 1.54) is 13.2 Å². The molecule has 0 saturated carbocycles. The van der Waals surface area contributed by atoms with E-state index < -0.39 is 17.9 Å². The van der Waals surface area contributed by atoms with E-state index in [4.69, 9.17) is 20.8 Å². The number of carbonyl (C=O) groups is 2. The van der Waals surface area contributed by atoms with E-state index in [1.807, 2.05) is 0 Å². The third-order valence-electron chi connectivity index (χ3n) is 3.76. The minimum absolute atomic E-state index is 0.129. The Hall–Kier alpha value is -2.51. The van der Waals surface area contributed by atoms with Crippen LogP contribution in [0.5, 0.6) is 5.75 Å². The van der Waals surface area contributed by atoms with Crippen LogP contribution >= 0.6 is 11.6 Å². The van der Waals surface area contributed by atoms with Crippen molar-refractivity contribution in [1.82, 2.24) is 5.32 Å². The molecule has 1 aromatic heterocycles. The summed E-state index contributed by atoms with van der Waals surface area (Å²) in [5.41, 5.74) is 0.967. The lowest BCUT2D eigenvalue weighted by atomic mass is 10.1. The standard InChI is InChI=1S/C18H21ClN2O5/c1-10-8-13(11(2)26-10)15(22)6-7-20-17(23)18(24)21-14-9-12(19)4-5-16(14)25-3/h4-5,8-9,15,22H,6-7H2,1-3H3,(H,20,23)(H,21,24). The molecule has 0 radical (unpaired) electrons. The van der Waals surface area contributed by atoms with Gasteiger partial charge in [-0.25, -0.2) is 0 Å². The van der Waals surface area contributed by atoms with Gasteiger partial charge in [0.1, 0.15) is 17.3 Å². The number of benzene rings is 1. The summed E-state index contributed by atoms with van der Waals surface area (Å²) < 4.78 is 10.5. The van der Waals surface area contributed by atoms with Gasteiger partial charge < -0.3 is 24.9 Å². The van der Waals surface area contributed by atoms with Gasteiger partial charge in [-0.1, -0.05) is 11.6 Å². The minimum atomic E-state index is -0.851. The van der Waals surface area contributed by atoms with E-state index in [0.717, 1.165) is 0 Å². The van der Waals surface area contributed by atoms with Crippen LogP contribution in [0.3, 0.4) is 0 Å². The average Bonchev–Trinajstić information content (AvgIpc) is 2.93. The second kappa shape index (κ2) is 8.73. The van der Waals surface area contributed by atoms with E-state index >= 15 is 0 Å². The van der Waals surface area contributed by atoms with Crippen molar-refractivity contribution < 1.29 is 23.8 Å². The van der Waals surface area contributed by atoms with Crippen molar-refractivity contribution in [3.05, 3.63) is 46.4 Å². The number of anilines is 1. The van der Waals surface area contributed by atoms with Crippen LogP contribution in [0.1, 0.15) is 29.6 Å². The number of ether oxygens (including phenoxy) is 1. The van der Waals surface area contributed by atoms with Gasteiger partial charge in [-0.2, -0.15) is 0 Å². The topological polar surface area (TPSA) is 101 Å². The first kappa shape index (κ1) is 19.8. The molecule has 0 aliphatic rings. The molecule has 0 aliphatic heterocycles. The quantitative estimate of drug-likeness (QED) is 0.669. The fraction of sp³-hybridized carbons (Fsp3) is 0.333. The van der Waals surface area contributed by atoms with E-state index in [2.05, 4.69) is 10.6 Å². The van der Waals surface area contributed by atoms with Gasteiger partial charge in [-0.05, 0) is 44.5 Å². The van der Waals surface area contributed by atoms with Crippen LogP contribution < -0.4 is 15.4 Å². The van der Waals surface area contributed by atoms with Gasteiger partial charge >= 0.3 is 11.8 Å². The zero-order valence-corrected chi connectivity index (χ0v) is 15.5. The number of hydrogen-bond acceptors (Lipinski definition) is 5. The Balaban J connectivity index is 1.87. The predicted octanol–water partition coefficient (Wildman–Crippen LogP) is 2.74. The lowest BCUT2D eigenvalue weighted by Gasteiger charge is -2.12. The highest BCUT2D eigenvalue weighted by Crippen LogP contribution is 2.27. The zero-order chi connectivity index (χ0) is 19.3. The Morgan fingerprint density at radius 1 is 1.27 bits per heavy atom. The largest absolute Gasteiger partial charge is 0.495 e. The number of aliphatic hydroxyl groups is 1. The van der Waals surface area contributed by atoms with E-state index in [1.54, 1.807) is 32.0 Å². The van der Waals surface area contributed by atoms with Crippen molar-refractivity contribution in [1.29, 1.82) is 0 Å². The molecule has 0 fully saturated rings. The second-order valence-electron chi connectivity index (χ2n) is 5.73. The fourth-order valence-corrected chi connectivity index (χ4v) is 2.67. The average molecular weight is 381 g/mol. The molecular weight excluding hydrogens is 360 g/mol. The maximum Gasteiger partial charge on any atom is 0.313 e. The highest BCUT2D eigenvalue weighted by atomic mass is 35.5. The molecule has 0 saturated heterocycles. The molecule has 3 N–H and O–H groups in total. The summed E-state index contributed by atoms with van der Waals surface area (Å²) in [6, 6.07) is 6.43. The van der Waals surface area contributed by atoms with Gasteiger partial charge in [0, 0.05) is 17.1 Å². The summed E-state index contributed by atoms with van der Waals surface area (Å²) in [4.78, 5) is 23.9. The van der Waals surface area contributed by atoms with E-state index in [9.17, 15) is 14.7 Å². The summed E-state index contributed by atoms with van der Waals surface area (Å²) in [6.45, 7) is 3.68. The predicted molar refractivity (Wildman–Crippen MR) is 97.4 cm³/mol. The molecule has 1 heterocycles. The first-order chi connectivity index (χ1) is 12.3. The van der Waals surface area contributed by atoms with Crippen LogP contribution in [0.15, 0.2) is 28.7 Å². The van der Waals surface area contributed by atoms with Gasteiger partial charge in [-0.3, -0.25) is 9.59 Å². The number of methoxy groups -OCH3 is 1. The summed E-state index contributed by atoms with van der Waals surface area (Å²) in [6.07, 6.45) is -0.539. The molecule has 140 valence electrons. The SMILES string of the molecule is COc1ccc(Cl)cc1NC(=O)C(=O)NCCC(O)c1cc(C)oc1C. The molecule has 1 unspecified atom stereocenters. The van der Waals surface area contributed by atoms with Crippen molar-refractivity contribution in [2.45, 2.75) is 26.4 Å².